The van der Waals surface area contributed by atoms with Crippen molar-refractivity contribution in [2.45, 2.75) is 57.7 Å². The fraction of sp³-hybridized carbons (Fsp3) is 0.619. The molecule has 0 aliphatic heterocycles. The van der Waals surface area contributed by atoms with Crippen LogP contribution < -0.4 is 15.4 Å². The molecule has 2 N–H and O–H groups in total. The molecule has 1 aliphatic carbocycles. The van der Waals surface area contributed by atoms with E-state index < -0.39 is 5.54 Å². The Bertz CT molecular complexity index is 890. The van der Waals surface area contributed by atoms with E-state index in [1.807, 2.05) is 27.8 Å². The summed E-state index contributed by atoms with van der Waals surface area (Å²) in [6.07, 6.45) is 6.79. The van der Waals surface area contributed by atoms with Gasteiger partial charge in [-0.05, 0) is 53.0 Å². The third-order valence-electron chi connectivity index (χ3n) is 5.66. The lowest BCUT2D eigenvalue weighted by atomic mass is 9.84. The van der Waals surface area contributed by atoms with Gasteiger partial charge < -0.3 is 20.1 Å². The molecule has 1 fully saturated rings. The summed E-state index contributed by atoms with van der Waals surface area (Å²) in [6, 6.07) is 4.40. The summed E-state index contributed by atoms with van der Waals surface area (Å²) in [7, 11) is 3.75. The van der Waals surface area contributed by atoms with Crippen molar-refractivity contribution in [2.24, 2.45) is 5.92 Å². The molecule has 0 amide bonds. The third-order valence-corrected chi connectivity index (χ3v) is 5.66. The number of methoxy groups -OCH3 is 1. The van der Waals surface area contributed by atoms with Crippen LogP contribution in [0.4, 0.5) is 11.6 Å². The number of likely N-dealkylation sites (N-methyl/N-ethyl adjacent to an activating group) is 1. The molecule has 0 aromatic carbocycles. The van der Waals surface area contributed by atoms with Gasteiger partial charge in [0.25, 0.3) is 0 Å². The van der Waals surface area contributed by atoms with Crippen molar-refractivity contribution in [1.29, 1.82) is 5.26 Å². The number of anilines is 2. The molecule has 9 nitrogen and oxygen atoms in total. The van der Waals surface area contributed by atoms with E-state index in [9.17, 15) is 5.26 Å². The highest BCUT2D eigenvalue weighted by Gasteiger charge is 2.30. The van der Waals surface area contributed by atoms with Gasteiger partial charge in [0.2, 0.25) is 11.8 Å². The highest BCUT2D eigenvalue weighted by molar-refractivity contribution is 5.55. The number of hydrogen-bond donors (Lipinski definition) is 2. The van der Waals surface area contributed by atoms with Crippen molar-refractivity contribution in [2.75, 3.05) is 26.1 Å². The summed E-state index contributed by atoms with van der Waals surface area (Å²) in [4.78, 5) is 8.74. The van der Waals surface area contributed by atoms with Crippen LogP contribution >= 0.6 is 0 Å². The molecule has 3 rings (SSSR count). The highest BCUT2D eigenvalue weighted by Crippen LogP contribution is 2.27. The molecular weight excluding hydrogens is 382 g/mol. The fourth-order valence-electron chi connectivity index (χ4n) is 3.68. The van der Waals surface area contributed by atoms with Gasteiger partial charge in [0.15, 0.2) is 0 Å². The van der Waals surface area contributed by atoms with Crippen LogP contribution in [0.3, 0.4) is 0 Å². The molecule has 0 saturated heterocycles. The molecule has 3 atom stereocenters. The fourth-order valence-corrected chi connectivity index (χ4v) is 3.68. The van der Waals surface area contributed by atoms with E-state index >= 15 is 0 Å². The molecule has 2 heterocycles. The van der Waals surface area contributed by atoms with Gasteiger partial charge in [0.1, 0.15) is 5.54 Å². The van der Waals surface area contributed by atoms with E-state index in [1.54, 1.807) is 30.3 Å². The van der Waals surface area contributed by atoms with Crippen LogP contribution in [-0.4, -0.2) is 52.7 Å². The Labute approximate surface area is 177 Å². The molecule has 2 aromatic rings. The second kappa shape index (κ2) is 9.41. The molecule has 0 radical (unpaired) electrons. The van der Waals surface area contributed by atoms with Crippen molar-refractivity contribution in [3.63, 3.8) is 0 Å². The van der Waals surface area contributed by atoms with E-state index in [4.69, 9.17) is 9.47 Å². The second-order valence-corrected chi connectivity index (χ2v) is 8.25. The molecule has 2 aromatic heterocycles. The monoisotopic (exact) mass is 413 g/mol. The van der Waals surface area contributed by atoms with E-state index in [2.05, 4.69) is 31.8 Å². The first-order valence-electron chi connectivity index (χ1n) is 10.3. The molecule has 1 aliphatic rings. The first-order valence-corrected chi connectivity index (χ1v) is 10.3. The Kier molecular flexibility index (Phi) is 6.90. The predicted octanol–water partition coefficient (Wildman–Crippen LogP) is 2.77. The molecular formula is C21H31N7O2. The Hall–Kier alpha value is -2.70. The number of ether oxygens (including phenoxy) is 2. The second-order valence-electron chi connectivity index (χ2n) is 8.25. The van der Waals surface area contributed by atoms with E-state index in [1.165, 1.54) is 0 Å². The molecule has 0 spiro atoms. The maximum absolute atomic E-state index is 9.32. The summed E-state index contributed by atoms with van der Waals surface area (Å²) in [6.45, 7) is 6.10. The largest absolute Gasteiger partial charge is 0.477 e. The van der Waals surface area contributed by atoms with Gasteiger partial charge in [-0.2, -0.15) is 15.3 Å². The van der Waals surface area contributed by atoms with Gasteiger partial charge in [-0.25, -0.2) is 4.98 Å². The third kappa shape index (κ3) is 5.07. The SMILES string of the molecule is CN[C@@H]1CC[C@@H](COc2ccnc(Nc3cn(C(C)(C)C#N)nc3C)n2)C[C@H]1OC. The van der Waals surface area contributed by atoms with Crippen LogP contribution in [0.1, 0.15) is 38.8 Å². The summed E-state index contributed by atoms with van der Waals surface area (Å²) < 4.78 is 13.2. The Balaban J connectivity index is 1.61. The molecule has 162 valence electrons. The van der Waals surface area contributed by atoms with Gasteiger partial charge in [-0.1, -0.05) is 0 Å². The van der Waals surface area contributed by atoms with E-state index in [0.717, 1.165) is 30.6 Å². The first kappa shape index (κ1) is 22.0. The van der Waals surface area contributed by atoms with E-state index in [-0.39, 0.29) is 6.10 Å². The molecule has 30 heavy (non-hydrogen) atoms. The van der Waals surface area contributed by atoms with Crippen molar-refractivity contribution in [3.8, 4) is 11.9 Å². The Morgan fingerprint density at radius 2 is 2.17 bits per heavy atom. The minimum Gasteiger partial charge on any atom is -0.477 e. The van der Waals surface area contributed by atoms with Gasteiger partial charge >= 0.3 is 0 Å². The van der Waals surface area contributed by atoms with Crippen molar-refractivity contribution in [1.82, 2.24) is 25.1 Å². The zero-order valence-electron chi connectivity index (χ0n) is 18.3. The molecule has 1 saturated carbocycles. The normalized spacial score (nSPS) is 21.8. The van der Waals surface area contributed by atoms with Gasteiger partial charge in [-0.15, -0.1) is 0 Å². The predicted molar refractivity (Wildman–Crippen MR) is 114 cm³/mol. The van der Waals surface area contributed by atoms with E-state index in [0.29, 0.717) is 30.4 Å². The average molecular weight is 414 g/mol. The number of aromatic nitrogens is 4. The Morgan fingerprint density at radius 1 is 1.37 bits per heavy atom. The van der Waals surface area contributed by atoms with Crippen molar-refractivity contribution >= 4 is 11.6 Å². The van der Waals surface area contributed by atoms with Crippen LogP contribution in [0, 0.1) is 24.2 Å². The molecule has 0 unspecified atom stereocenters. The summed E-state index contributed by atoms with van der Waals surface area (Å²) in [5.41, 5.74) is 0.784. The molecule has 9 heteroatoms. The van der Waals surface area contributed by atoms with Crippen LogP contribution in [0.15, 0.2) is 18.5 Å². The summed E-state index contributed by atoms with van der Waals surface area (Å²) in [5.74, 6) is 1.39. The zero-order valence-corrected chi connectivity index (χ0v) is 18.3. The van der Waals surface area contributed by atoms with Crippen LogP contribution in [0.2, 0.25) is 0 Å². The zero-order chi connectivity index (χ0) is 21.7. The lowest BCUT2D eigenvalue weighted by molar-refractivity contribution is 0.0153. The number of nitrogens with one attached hydrogen (secondary N) is 2. The Morgan fingerprint density at radius 3 is 2.87 bits per heavy atom. The average Bonchev–Trinajstić information content (AvgIpc) is 3.13. The topological polar surface area (TPSA) is 110 Å². The smallest absolute Gasteiger partial charge is 0.230 e. The summed E-state index contributed by atoms with van der Waals surface area (Å²) in [5, 5.41) is 20.2. The quantitative estimate of drug-likeness (QED) is 0.680. The number of rotatable bonds is 8. The molecule has 0 bridgehead atoms. The lowest BCUT2D eigenvalue weighted by Gasteiger charge is -2.34. The van der Waals surface area contributed by atoms with Gasteiger partial charge in [-0.3, -0.25) is 4.68 Å². The highest BCUT2D eigenvalue weighted by atomic mass is 16.5. The minimum atomic E-state index is -0.733. The maximum atomic E-state index is 9.32. The van der Waals surface area contributed by atoms with Crippen molar-refractivity contribution < 1.29 is 9.47 Å². The lowest BCUT2D eigenvalue weighted by Crippen LogP contribution is -2.44. The van der Waals surface area contributed by atoms with Crippen LogP contribution in [0.25, 0.3) is 0 Å². The van der Waals surface area contributed by atoms with Crippen molar-refractivity contribution in [3.05, 3.63) is 24.2 Å². The number of aryl methyl sites for hydroxylation is 1. The van der Waals surface area contributed by atoms with Crippen LogP contribution in [-0.2, 0) is 10.3 Å². The standard InChI is InChI=1S/C21H31N7O2/c1-14-17(11-28(27-14)21(2,3)13-22)25-20-24-9-8-19(26-20)30-12-15-6-7-16(23-4)18(10-15)29-5/h8-9,11,15-16,18,23H,6-7,10,12H2,1-5H3,(H,24,25,26)/t15-,16-,18-/m1/s1. The van der Waals surface area contributed by atoms with Gasteiger partial charge in [0, 0.05) is 25.4 Å². The number of nitriles is 1. The minimum absolute atomic E-state index is 0.206. The number of nitrogens with zero attached hydrogens (tertiary/aromatic N) is 5. The van der Waals surface area contributed by atoms with Gasteiger partial charge in [0.05, 0.1) is 36.4 Å². The first-order chi connectivity index (χ1) is 14.4. The summed E-state index contributed by atoms with van der Waals surface area (Å²) >= 11 is 0. The number of hydrogen-bond acceptors (Lipinski definition) is 8. The van der Waals surface area contributed by atoms with Crippen LogP contribution in [0.5, 0.6) is 5.88 Å². The maximum Gasteiger partial charge on any atom is 0.230 e.